The number of amides is 1. The summed E-state index contributed by atoms with van der Waals surface area (Å²) < 4.78 is 32.1. The van der Waals surface area contributed by atoms with Crippen LogP contribution in [0.25, 0.3) is 0 Å². The molecule has 0 radical (unpaired) electrons. The number of hydrogen-bond donors (Lipinski definition) is 1. The maximum atomic E-state index is 13.7. The van der Waals surface area contributed by atoms with Gasteiger partial charge in [0.15, 0.2) is 6.10 Å². The molecule has 0 saturated heterocycles. The molecule has 7 heteroatoms. The van der Waals surface area contributed by atoms with Crippen molar-refractivity contribution in [1.82, 2.24) is 0 Å². The fourth-order valence-corrected chi connectivity index (χ4v) is 2.37. The second-order valence-corrected chi connectivity index (χ2v) is 6.29. The smallest absolute Gasteiger partial charge is 0.306 e. The van der Waals surface area contributed by atoms with Gasteiger partial charge < -0.3 is 10.1 Å². The van der Waals surface area contributed by atoms with Crippen molar-refractivity contribution in [3.05, 3.63) is 64.1 Å². The molecule has 1 atom stereocenters. The van der Waals surface area contributed by atoms with Gasteiger partial charge in [0.2, 0.25) is 0 Å². The van der Waals surface area contributed by atoms with Gasteiger partial charge in [0.1, 0.15) is 11.6 Å². The molecule has 0 heterocycles. The Bertz CT molecular complexity index is 765. The van der Waals surface area contributed by atoms with Gasteiger partial charge in [0, 0.05) is 10.9 Å². The number of ether oxygens (including phenoxy) is 1. The zero-order valence-corrected chi connectivity index (χ0v) is 15.0. The number of benzene rings is 2. The average Bonchev–Trinajstić information content (AvgIpc) is 2.56. The van der Waals surface area contributed by atoms with Crippen molar-refractivity contribution >= 4 is 33.5 Å². The normalized spacial score (nSPS) is 11.7. The van der Waals surface area contributed by atoms with Crippen molar-refractivity contribution in [3.63, 3.8) is 0 Å². The quantitative estimate of drug-likeness (QED) is 0.723. The summed E-state index contributed by atoms with van der Waals surface area (Å²) >= 11 is 3.12. The first kappa shape index (κ1) is 19.1. The van der Waals surface area contributed by atoms with Gasteiger partial charge in [0.05, 0.1) is 5.69 Å². The number of aryl methyl sites for hydroxylation is 1. The molecule has 25 heavy (non-hydrogen) atoms. The van der Waals surface area contributed by atoms with Gasteiger partial charge in [-0.25, -0.2) is 8.78 Å². The fraction of sp³-hybridized carbons (Fsp3) is 0.222. The molecule has 0 spiro atoms. The molecule has 1 amide bonds. The molecule has 0 aliphatic rings. The van der Waals surface area contributed by atoms with Gasteiger partial charge in [-0.15, -0.1) is 0 Å². The summed E-state index contributed by atoms with van der Waals surface area (Å²) in [6, 6.07) is 9.98. The molecular weight excluding hydrogens is 396 g/mol. The predicted molar refractivity (Wildman–Crippen MR) is 93.0 cm³/mol. The van der Waals surface area contributed by atoms with E-state index < -0.39 is 23.8 Å². The lowest BCUT2D eigenvalue weighted by Gasteiger charge is -2.14. The van der Waals surface area contributed by atoms with E-state index in [9.17, 15) is 18.4 Å². The van der Waals surface area contributed by atoms with Crippen LogP contribution in [-0.2, 0) is 20.7 Å². The number of esters is 1. The highest BCUT2D eigenvalue weighted by molar-refractivity contribution is 9.10. The van der Waals surface area contributed by atoms with Crippen LogP contribution in [0.15, 0.2) is 46.9 Å². The molecule has 2 aromatic rings. The van der Waals surface area contributed by atoms with Crippen molar-refractivity contribution in [2.45, 2.75) is 25.9 Å². The number of halogens is 3. The lowest BCUT2D eigenvalue weighted by atomic mass is 10.1. The van der Waals surface area contributed by atoms with Crippen LogP contribution in [0.3, 0.4) is 0 Å². The first-order valence-electron chi connectivity index (χ1n) is 7.55. The van der Waals surface area contributed by atoms with Gasteiger partial charge in [0.25, 0.3) is 5.91 Å². The first-order valence-corrected chi connectivity index (χ1v) is 8.34. The van der Waals surface area contributed by atoms with Crippen LogP contribution >= 0.6 is 15.9 Å². The zero-order chi connectivity index (χ0) is 18.4. The highest BCUT2D eigenvalue weighted by Crippen LogP contribution is 2.19. The summed E-state index contributed by atoms with van der Waals surface area (Å²) in [4.78, 5) is 23.8. The molecular formula is C18H16BrF2NO3. The Hall–Kier alpha value is -2.28. The number of hydrogen-bond acceptors (Lipinski definition) is 3. The van der Waals surface area contributed by atoms with Crippen LogP contribution in [0.1, 0.15) is 18.9 Å². The van der Waals surface area contributed by atoms with Gasteiger partial charge in [-0.05, 0) is 49.2 Å². The number of nitrogens with one attached hydrogen (secondary N) is 1. The first-order chi connectivity index (χ1) is 11.8. The lowest BCUT2D eigenvalue weighted by molar-refractivity contribution is -0.153. The summed E-state index contributed by atoms with van der Waals surface area (Å²) in [6.07, 6.45) is -0.645. The van der Waals surface area contributed by atoms with Crippen LogP contribution in [-0.4, -0.2) is 18.0 Å². The van der Waals surface area contributed by atoms with E-state index in [2.05, 4.69) is 21.2 Å². The molecule has 0 unspecified atom stereocenters. The molecule has 0 saturated carbocycles. The Labute approximate surface area is 152 Å². The molecule has 4 nitrogen and oxygen atoms in total. The van der Waals surface area contributed by atoms with Crippen LogP contribution in [0, 0.1) is 11.6 Å². The third kappa shape index (κ3) is 5.94. The van der Waals surface area contributed by atoms with E-state index in [-0.39, 0.29) is 17.9 Å². The van der Waals surface area contributed by atoms with Gasteiger partial charge >= 0.3 is 5.97 Å². The largest absolute Gasteiger partial charge is 0.453 e. The third-order valence-electron chi connectivity index (χ3n) is 3.40. The average molecular weight is 412 g/mol. The Morgan fingerprint density at radius 2 is 1.84 bits per heavy atom. The lowest BCUT2D eigenvalue weighted by Crippen LogP contribution is -2.30. The SMILES string of the molecule is C[C@H](OC(=O)CCc1ccc(F)cc1)C(=O)Nc1ccc(Br)cc1F. The standard InChI is InChI=1S/C18H16BrF2NO3/c1-11(18(24)22-16-8-5-13(19)10-15(16)21)25-17(23)9-4-12-2-6-14(20)7-3-12/h2-3,5-8,10-11H,4,9H2,1H3,(H,22,24)/t11-/m0/s1. The van der Waals surface area contributed by atoms with Crippen molar-refractivity contribution in [1.29, 1.82) is 0 Å². The van der Waals surface area contributed by atoms with Crippen LogP contribution in [0.4, 0.5) is 14.5 Å². The van der Waals surface area contributed by atoms with Crippen LogP contribution in [0.5, 0.6) is 0 Å². The molecule has 0 bridgehead atoms. The van der Waals surface area contributed by atoms with E-state index >= 15 is 0 Å². The Kier molecular flexibility index (Phi) is 6.64. The van der Waals surface area contributed by atoms with E-state index in [0.717, 1.165) is 5.56 Å². The summed E-state index contributed by atoms with van der Waals surface area (Å²) in [5.41, 5.74) is 0.787. The molecule has 2 aromatic carbocycles. The Morgan fingerprint density at radius 3 is 2.48 bits per heavy atom. The van der Waals surface area contributed by atoms with Crippen molar-refractivity contribution in [2.75, 3.05) is 5.32 Å². The summed E-state index contributed by atoms with van der Waals surface area (Å²) in [5, 5.41) is 2.37. The molecule has 2 rings (SSSR count). The predicted octanol–water partition coefficient (Wildman–Crippen LogP) is 4.23. The number of rotatable bonds is 6. The summed E-state index contributed by atoms with van der Waals surface area (Å²) in [7, 11) is 0. The monoisotopic (exact) mass is 411 g/mol. The maximum Gasteiger partial charge on any atom is 0.306 e. The minimum absolute atomic E-state index is 0.00223. The molecule has 132 valence electrons. The fourth-order valence-electron chi connectivity index (χ4n) is 2.03. The molecule has 0 aliphatic heterocycles. The van der Waals surface area contributed by atoms with Gasteiger partial charge in [-0.1, -0.05) is 28.1 Å². The van der Waals surface area contributed by atoms with Crippen LogP contribution < -0.4 is 5.32 Å². The Balaban J connectivity index is 1.83. The number of carbonyl (C=O) groups is 2. The minimum Gasteiger partial charge on any atom is -0.453 e. The summed E-state index contributed by atoms with van der Waals surface area (Å²) in [5.74, 6) is -2.14. The molecule has 0 fully saturated rings. The van der Waals surface area contributed by atoms with E-state index in [1.165, 1.54) is 31.2 Å². The van der Waals surface area contributed by atoms with E-state index in [0.29, 0.717) is 10.9 Å². The third-order valence-corrected chi connectivity index (χ3v) is 3.89. The summed E-state index contributed by atoms with van der Waals surface area (Å²) in [6.45, 7) is 1.40. The number of anilines is 1. The second-order valence-electron chi connectivity index (χ2n) is 5.37. The zero-order valence-electron chi connectivity index (χ0n) is 13.4. The van der Waals surface area contributed by atoms with Gasteiger partial charge in [-0.2, -0.15) is 0 Å². The molecule has 0 aliphatic carbocycles. The van der Waals surface area contributed by atoms with Crippen molar-refractivity contribution in [2.24, 2.45) is 0 Å². The number of carbonyl (C=O) groups excluding carboxylic acids is 2. The van der Waals surface area contributed by atoms with Crippen molar-refractivity contribution < 1.29 is 23.1 Å². The highest BCUT2D eigenvalue weighted by Gasteiger charge is 2.19. The minimum atomic E-state index is -1.07. The van der Waals surface area contributed by atoms with Gasteiger partial charge in [-0.3, -0.25) is 9.59 Å². The highest BCUT2D eigenvalue weighted by atomic mass is 79.9. The molecule has 1 N–H and O–H groups in total. The maximum absolute atomic E-state index is 13.7. The second kappa shape index (κ2) is 8.71. The van der Waals surface area contributed by atoms with E-state index in [4.69, 9.17) is 4.74 Å². The Morgan fingerprint density at radius 1 is 1.16 bits per heavy atom. The molecule has 0 aromatic heterocycles. The van der Waals surface area contributed by atoms with Crippen LogP contribution in [0.2, 0.25) is 0 Å². The topological polar surface area (TPSA) is 55.4 Å². The van der Waals surface area contributed by atoms with E-state index in [1.54, 1.807) is 18.2 Å². The van der Waals surface area contributed by atoms with Crippen molar-refractivity contribution in [3.8, 4) is 0 Å². The van der Waals surface area contributed by atoms with E-state index in [1.807, 2.05) is 0 Å².